The standard InChI is InChI=1S/C8H11.C5H5.5CH3.ClH.Ru/c1-2-4-6-8-7-5-3-1;1-2-4-5-3-1;;;;;;;/h1-2,7H,3-6H2;1-3H,4H2;5*1H3;1H;/q7*-1;;+1/p-1. The third-order valence-electron chi connectivity index (χ3n) is 1.83. The first-order valence-electron chi connectivity index (χ1n) is 5.05. The van der Waals surface area contributed by atoms with E-state index in [9.17, 15) is 0 Å². The van der Waals surface area contributed by atoms with Crippen LogP contribution >= 0.6 is 9.69 Å². The van der Waals surface area contributed by atoms with E-state index in [0.717, 1.165) is 12.8 Å². The Morgan fingerprint density at radius 2 is 1.35 bits per heavy atom. The number of hydrogen-bond acceptors (Lipinski definition) is 0. The Bertz CT molecular complexity index is 192. The molecule has 0 aromatic rings. The molecule has 2 heteroatoms. The van der Waals surface area contributed by atoms with E-state index >= 15 is 0 Å². The van der Waals surface area contributed by atoms with Crippen molar-refractivity contribution in [1.29, 1.82) is 0 Å². The molecule has 2 aliphatic rings. The molecule has 0 amide bonds. The molecule has 0 nitrogen and oxygen atoms in total. The first kappa shape index (κ1) is 36.8. The SMILES string of the molecule is [C-]1=CC=CC1.[C-]1=CCCC=CCC1.[CH3-].[CH3-].[CH3-].[CH3-].[CH3-].[Cl][Ru]. The summed E-state index contributed by atoms with van der Waals surface area (Å²) in [6, 6.07) is 0. The molecular weight excluding hydrogens is 353 g/mol. The van der Waals surface area contributed by atoms with Gasteiger partial charge in [-0.3, -0.25) is 12.2 Å². The van der Waals surface area contributed by atoms with Gasteiger partial charge in [-0.25, -0.2) is 12.2 Å². The van der Waals surface area contributed by atoms with Crippen LogP contribution in [0.5, 0.6) is 0 Å². The van der Waals surface area contributed by atoms with Crippen molar-refractivity contribution in [3.63, 3.8) is 0 Å². The summed E-state index contributed by atoms with van der Waals surface area (Å²) in [5, 5.41) is 0. The van der Waals surface area contributed by atoms with Gasteiger partial charge in [0.25, 0.3) is 0 Å². The van der Waals surface area contributed by atoms with Gasteiger partial charge in [-0.15, -0.1) is 6.42 Å². The monoisotopic (exact) mass is 384 g/mol. The van der Waals surface area contributed by atoms with E-state index in [1.54, 1.807) is 0 Å². The van der Waals surface area contributed by atoms with Gasteiger partial charge in [-0.2, -0.15) is 12.5 Å². The third kappa shape index (κ3) is 30.7. The molecule has 0 bridgehead atoms. The number of allylic oxidation sites excluding steroid dienone is 8. The van der Waals surface area contributed by atoms with Crippen molar-refractivity contribution in [3.05, 3.63) is 85.7 Å². The zero-order valence-electron chi connectivity index (χ0n) is 13.7. The van der Waals surface area contributed by atoms with Crippen molar-refractivity contribution in [2.24, 2.45) is 0 Å². The van der Waals surface area contributed by atoms with Gasteiger partial charge in [0, 0.05) is 0 Å². The number of halogens is 1. The topological polar surface area (TPSA) is 0 Å². The number of rotatable bonds is 0. The van der Waals surface area contributed by atoms with Crippen LogP contribution in [0.25, 0.3) is 0 Å². The molecule has 0 saturated carbocycles. The van der Waals surface area contributed by atoms with E-state index in [1.807, 2.05) is 29.5 Å². The molecular formula is C18H31ClRu-7. The van der Waals surface area contributed by atoms with Crippen molar-refractivity contribution in [3.8, 4) is 0 Å². The van der Waals surface area contributed by atoms with Crippen molar-refractivity contribution in [2.45, 2.75) is 32.1 Å². The van der Waals surface area contributed by atoms with Crippen molar-refractivity contribution in [2.75, 3.05) is 0 Å². The summed E-state index contributed by atoms with van der Waals surface area (Å²) < 4.78 is 0. The van der Waals surface area contributed by atoms with Crippen LogP contribution in [-0.2, 0) is 17.3 Å². The van der Waals surface area contributed by atoms with Crippen molar-refractivity contribution in [1.82, 2.24) is 0 Å². The first-order valence-corrected chi connectivity index (χ1v) is 7.29. The molecule has 0 N–H and O–H groups in total. The third-order valence-corrected chi connectivity index (χ3v) is 1.83. The maximum atomic E-state index is 4.57. The quantitative estimate of drug-likeness (QED) is 0.247. The molecule has 0 radical (unpaired) electrons. The molecule has 20 heavy (non-hydrogen) atoms. The van der Waals surface area contributed by atoms with Crippen LogP contribution in [0.3, 0.4) is 0 Å². The molecule has 0 saturated heterocycles. The second-order valence-corrected chi connectivity index (χ2v) is 3.00. The van der Waals surface area contributed by atoms with Crippen molar-refractivity contribution < 1.29 is 17.3 Å². The fourth-order valence-electron chi connectivity index (χ4n) is 1.13. The molecule has 0 unspecified atom stereocenters. The molecule has 2 aliphatic carbocycles. The van der Waals surface area contributed by atoms with E-state index in [2.05, 4.69) is 46.1 Å². The van der Waals surface area contributed by atoms with Crippen molar-refractivity contribution >= 4 is 9.69 Å². The van der Waals surface area contributed by atoms with Gasteiger partial charge in [0.1, 0.15) is 0 Å². The van der Waals surface area contributed by atoms with Crippen LogP contribution < -0.4 is 0 Å². The molecule has 0 fully saturated rings. The summed E-state index contributed by atoms with van der Waals surface area (Å²) >= 11 is 1.82. The van der Waals surface area contributed by atoms with Gasteiger partial charge in [0.15, 0.2) is 0 Å². The van der Waals surface area contributed by atoms with Gasteiger partial charge in [0.05, 0.1) is 0 Å². The molecule has 0 atom stereocenters. The summed E-state index contributed by atoms with van der Waals surface area (Å²) in [5.74, 6) is 0. The molecule has 0 heterocycles. The van der Waals surface area contributed by atoms with E-state index in [0.29, 0.717) is 0 Å². The average molecular weight is 384 g/mol. The summed E-state index contributed by atoms with van der Waals surface area (Å²) in [5.41, 5.74) is 0. The van der Waals surface area contributed by atoms with Gasteiger partial charge in [-0.1, -0.05) is 25.0 Å². The normalized spacial score (nSPS) is 12.7. The Morgan fingerprint density at radius 1 is 0.750 bits per heavy atom. The van der Waals surface area contributed by atoms with Crippen LogP contribution in [-0.4, -0.2) is 0 Å². The van der Waals surface area contributed by atoms with Crippen LogP contribution in [0.15, 0.2) is 36.5 Å². The van der Waals surface area contributed by atoms with E-state index in [4.69, 9.17) is 0 Å². The average Bonchev–Trinajstić information content (AvgIpc) is 2.77. The fourth-order valence-corrected chi connectivity index (χ4v) is 1.13. The Hall–Kier alpha value is -0.127. The predicted octanol–water partition coefficient (Wildman–Crippen LogP) is 6.72. The summed E-state index contributed by atoms with van der Waals surface area (Å²) in [4.78, 5) is 0. The Morgan fingerprint density at radius 3 is 1.80 bits per heavy atom. The Labute approximate surface area is 144 Å². The minimum absolute atomic E-state index is 0. The second kappa shape index (κ2) is 36.4. The summed E-state index contributed by atoms with van der Waals surface area (Å²) in [6.07, 6.45) is 24.5. The predicted molar refractivity (Wildman–Crippen MR) is 94.9 cm³/mol. The van der Waals surface area contributed by atoms with Gasteiger partial charge < -0.3 is 43.2 Å². The molecule has 2 rings (SSSR count). The maximum absolute atomic E-state index is 4.57. The Kier molecular flexibility index (Phi) is 66.9. The minimum atomic E-state index is 0. The zero-order chi connectivity index (χ0) is 11.2. The van der Waals surface area contributed by atoms with Crippen LogP contribution in [0.2, 0.25) is 0 Å². The van der Waals surface area contributed by atoms with Gasteiger partial charge in [-0.05, 0) is 6.42 Å². The van der Waals surface area contributed by atoms with Gasteiger partial charge in [0.2, 0.25) is 0 Å². The molecule has 0 aliphatic heterocycles. The van der Waals surface area contributed by atoms with Crippen LogP contribution in [0, 0.1) is 49.3 Å². The Balaban J connectivity index is -0.0000000369. The first-order chi connectivity index (χ1) is 7.50. The fraction of sp³-hybridized carbons (Fsp3) is 0.278. The van der Waals surface area contributed by atoms with E-state index in [-0.39, 0.29) is 37.1 Å². The summed E-state index contributed by atoms with van der Waals surface area (Å²) in [6.45, 7) is 0. The molecule has 125 valence electrons. The summed E-state index contributed by atoms with van der Waals surface area (Å²) in [7, 11) is 4.57. The van der Waals surface area contributed by atoms with Crippen LogP contribution in [0.1, 0.15) is 32.1 Å². The van der Waals surface area contributed by atoms with E-state index in [1.165, 1.54) is 19.3 Å². The number of hydrogen-bond donors (Lipinski definition) is 0. The molecule has 0 spiro atoms. The zero-order valence-corrected chi connectivity index (χ0v) is 16.2. The van der Waals surface area contributed by atoms with E-state index < -0.39 is 0 Å². The molecule has 0 aromatic carbocycles. The van der Waals surface area contributed by atoms with Crippen LogP contribution in [0.4, 0.5) is 0 Å². The molecule has 0 aromatic heterocycles. The second-order valence-electron chi connectivity index (χ2n) is 3.00. The van der Waals surface area contributed by atoms with Gasteiger partial charge >= 0.3 is 27.0 Å².